The number of nitrogens with two attached hydrogens (primary N) is 1. The summed E-state index contributed by atoms with van der Waals surface area (Å²) in [5.41, 5.74) is 8.86. The number of benzene rings is 1. The quantitative estimate of drug-likeness (QED) is 0.801. The van der Waals surface area contributed by atoms with Gasteiger partial charge in [0.15, 0.2) is 0 Å². The first kappa shape index (κ1) is 9.22. The summed E-state index contributed by atoms with van der Waals surface area (Å²) in [6.07, 6.45) is 3.54. The highest BCUT2D eigenvalue weighted by Crippen LogP contribution is 2.40. The summed E-state index contributed by atoms with van der Waals surface area (Å²) >= 11 is 3.46. The predicted molar refractivity (Wildman–Crippen MR) is 58.6 cm³/mol. The Morgan fingerprint density at radius 2 is 2.08 bits per heavy atom. The highest BCUT2D eigenvalue weighted by Gasteiger charge is 2.35. The molecule has 0 aromatic heterocycles. The van der Waals surface area contributed by atoms with Crippen molar-refractivity contribution in [3.05, 3.63) is 33.8 Å². The Kier molecular flexibility index (Phi) is 2.20. The number of rotatable bonds is 1. The minimum atomic E-state index is -0.0230. The maximum atomic E-state index is 6.26. The van der Waals surface area contributed by atoms with Gasteiger partial charge in [-0.1, -0.05) is 22.0 Å². The normalized spacial score (nSPS) is 19.6. The minimum absolute atomic E-state index is 0.0230. The van der Waals surface area contributed by atoms with Crippen LogP contribution in [0.1, 0.15) is 30.4 Å². The van der Waals surface area contributed by atoms with E-state index in [0.717, 1.165) is 17.3 Å². The molecule has 0 saturated heterocycles. The van der Waals surface area contributed by atoms with Crippen LogP contribution < -0.4 is 5.73 Å². The van der Waals surface area contributed by atoms with Gasteiger partial charge in [0.2, 0.25) is 0 Å². The van der Waals surface area contributed by atoms with Gasteiger partial charge in [-0.05, 0) is 49.4 Å². The van der Waals surface area contributed by atoms with Gasteiger partial charge in [-0.3, -0.25) is 0 Å². The molecule has 13 heavy (non-hydrogen) atoms. The van der Waals surface area contributed by atoms with Gasteiger partial charge in [0.1, 0.15) is 0 Å². The van der Waals surface area contributed by atoms with Crippen LogP contribution in [-0.4, -0.2) is 0 Å². The monoisotopic (exact) mass is 239 g/mol. The van der Waals surface area contributed by atoms with E-state index in [1.807, 2.05) is 0 Å². The summed E-state index contributed by atoms with van der Waals surface area (Å²) in [4.78, 5) is 0. The molecule has 2 rings (SSSR count). The van der Waals surface area contributed by atoms with Gasteiger partial charge in [0, 0.05) is 10.0 Å². The minimum Gasteiger partial charge on any atom is -0.321 e. The Hall–Kier alpha value is -0.340. The van der Waals surface area contributed by atoms with Crippen molar-refractivity contribution >= 4 is 15.9 Å². The van der Waals surface area contributed by atoms with Crippen LogP contribution in [0.4, 0.5) is 0 Å². The molecule has 0 unspecified atom stereocenters. The third kappa shape index (κ3) is 1.53. The van der Waals surface area contributed by atoms with Gasteiger partial charge in [-0.25, -0.2) is 0 Å². The molecular weight excluding hydrogens is 226 g/mol. The first-order valence-corrected chi connectivity index (χ1v) is 5.47. The van der Waals surface area contributed by atoms with Gasteiger partial charge in [-0.2, -0.15) is 0 Å². The van der Waals surface area contributed by atoms with Crippen molar-refractivity contribution < 1.29 is 0 Å². The fourth-order valence-corrected chi connectivity index (χ4v) is 2.49. The van der Waals surface area contributed by atoms with E-state index in [1.54, 1.807) is 0 Å². The molecule has 0 radical (unpaired) electrons. The molecule has 0 aliphatic heterocycles. The van der Waals surface area contributed by atoms with Crippen LogP contribution in [-0.2, 0) is 5.54 Å². The van der Waals surface area contributed by atoms with Crippen molar-refractivity contribution in [2.24, 2.45) is 5.73 Å². The first-order chi connectivity index (χ1) is 6.12. The van der Waals surface area contributed by atoms with Crippen LogP contribution in [0.3, 0.4) is 0 Å². The third-order valence-electron chi connectivity index (χ3n) is 2.97. The van der Waals surface area contributed by atoms with Gasteiger partial charge >= 0.3 is 0 Å². The van der Waals surface area contributed by atoms with Crippen molar-refractivity contribution in [1.29, 1.82) is 0 Å². The Morgan fingerprint density at radius 1 is 1.38 bits per heavy atom. The highest BCUT2D eigenvalue weighted by molar-refractivity contribution is 9.10. The molecule has 0 heterocycles. The number of hydrogen-bond acceptors (Lipinski definition) is 1. The molecule has 1 aromatic rings. The van der Waals surface area contributed by atoms with Crippen LogP contribution in [0, 0.1) is 6.92 Å². The Bertz CT molecular complexity index is 329. The molecule has 2 N–H and O–H groups in total. The molecule has 1 saturated carbocycles. The first-order valence-electron chi connectivity index (χ1n) is 4.67. The van der Waals surface area contributed by atoms with Crippen molar-refractivity contribution in [3.63, 3.8) is 0 Å². The standard InChI is InChI=1S/C11H14BrN/c1-8-7-9(12)3-4-10(8)11(13)5-2-6-11/h3-4,7H,2,5-6,13H2,1H3. The average Bonchev–Trinajstić information content (AvgIpc) is 2.00. The zero-order valence-corrected chi connectivity index (χ0v) is 9.39. The van der Waals surface area contributed by atoms with E-state index in [4.69, 9.17) is 5.73 Å². The number of halogens is 1. The van der Waals surface area contributed by atoms with E-state index in [0.29, 0.717) is 0 Å². The summed E-state index contributed by atoms with van der Waals surface area (Å²) in [5, 5.41) is 0. The van der Waals surface area contributed by atoms with Gasteiger partial charge in [0.25, 0.3) is 0 Å². The van der Waals surface area contributed by atoms with Crippen molar-refractivity contribution in [2.75, 3.05) is 0 Å². The van der Waals surface area contributed by atoms with E-state index < -0.39 is 0 Å². The fourth-order valence-electron chi connectivity index (χ4n) is 2.01. The van der Waals surface area contributed by atoms with Crippen molar-refractivity contribution in [3.8, 4) is 0 Å². The zero-order chi connectivity index (χ0) is 9.47. The molecule has 0 amide bonds. The molecule has 1 fully saturated rings. The summed E-state index contributed by atoms with van der Waals surface area (Å²) in [5.74, 6) is 0. The molecular formula is C11H14BrN. The van der Waals surface area contributed by atoms with Crippen molar-refractivity contribution in [1.82, 2.24) is 0 Å². The Morgan fingerprint density at radius 3 is 2.54 bits per heavy atom. The van der Waals surface area contributed by atoms with Gasteiger partial charge < -0.3 is 5.73 Å². The van der Waals surface area contributed by atoms with Crippen LogP contribution in [0.5, 0.6) is 0 Å². The van der Waals surface area contributed by atoms with E-state index >= 15 is 0 Å². The Labute approximate surface area is 87.5 Å². The largest absolute Gasteiger partial charge is 0.321 e. The second-order valence-corrected chi connectivity index (χ2v) is 4.88. The molecule has 1 aromatic carbocycles. The van der Waals surface area contributed by atoms with E-state index in [9.17, 15) is 0 Å². The summed E-state index contributed by atoms with van der Waals surface area (Å²) in [7, 11) is 0. The van der Waals surface area contributed by atoms with E-state index in [2.05, 4.69) is 41.1 Å². The van der Waals surface area contributed by atoms with Crippen LogP contribution >= 0.6 is 15.9 Å². The second-order valence-electron chi connectivity index (χ2n) is 3.97. The van der Waals surface area contributed by atoms with Crippen LogP contribution in [0.2, 0.25) is 0 Å². The molecule has 1 nitrogen and oxygen atoms in total. The topological polar surface area (TPSA) is 26.0 Å². The van der Waals surface area contributed by atoms with Gasteiger partial charge in [-0.15, -0.1) is 0 Å². The summed E-state index contributed by atoms with van der Waals surface area (Å²) < 4.78 is 1.14. The predicted octanol–water partition coefficient (Wildman–Crippen LogP) is 3.10. The zero-order valence-electron chi connectivity index (χ0n) is 7.81. The molecule has 1 aliphatic carbocycles. The van der Waals surface area contributed by atoms with E-state index in [-0.39, 0.29) is 5.54 Å². The summed E-state index contributed by atoms with van der Waals surface area (Å²) in [6.45, 7) is 2.13. The van der Waals surface area contributed by atoms with E-state index in [1.165, 1.54) is 17.5 Å². The lowest BCUT2D eigenvalue weighted by atomic mass is 9.71. The Balaban J connectivity index is 2.40. The molecule has 0 bridgehead atoms. The molecule has 2 heteroatoms. The van der Waals surface area contributed by atoms with Crippen molar-refractivity contribution in [2.45, 2.75) is 31.7 Å². The SMILES string of the molecule is Cc1cc(Br)ccc1C1(N)CCC1. The van der Waals surface area contributed by atoms with Gasteiger partial charge in [0.05, 0.1) is 0 Å². The smallest absolute Gasteiger partial charge is 0.0412 e. The maximum absolute atomic E-state index is 6.26. The van der Waals surface area contributed by atoms with Crippen LogP contribution in [0.25, 0.3) is 0 Å². The second kappa shape index (κ2) is 3.10. The molecule has 1 aliphatic rings. The lowest BCUT2D eigenvalue weighted by Crippen LogP contribution is -2.43. The lowest BCUT2D eigenvalue weighted by Gasteiger charge is -2.39. The summed E-state index contributed by atoms with van der Waals surface area (Å²) in [6, 6.07) is 6.37. The third-order valence-corrected chi connectivity index (χ3v) is 3.46. The number of hydrogen-bond donors (Lipinski definition) is 1. The fraction of sp³-hybridized carbons (Fsp3) is 0.455. The lowest BCUT2D eigenvalue weighted by molar-refractivity contribution is 0.252. The number of aryl methyl sites for hydroxylation is 1. The average molecular weight is 240 g/mol. The highest BCUT2D eigenvalue weighted by atomic mass is 79.9. The maximum Gasteiger partial charge on any atom is 0.0412 e. The molecule has 0 atom stereocenters. The molecule has 70 valence electrons. The molecule has 0 spiro atoms. The van der Waals surface area contributed by atoms with Crippen LogP contribution in [0.15, 0.2) is 22.7 Å².